The number of amides is 2. The van der Waals surface area contributed by atoms with Crippen molar-refractivity contribution in [2.24, 2.45) is 5.92 Å². The summed E-state index contributed by atoms with van der Waals surface area (Å²) in [5.74, 6) is -0.374. The van der Waals surface area contributed by atoms with Crippen molar-refractivity contribution in [2.75, 3.05) is 11.9 Å². The molecule has 4 nitrogen and oxygen atoms in total. The zero-order chi connectivity index (χ0) is 15.1. The lowest BCUT2D eigenvalue weighted by molar-refractivity contribution is -0.124. The van der Waals surface area contributed by atoms with E-state index in [0.29, 0.717) is 12.3 Å². The SMILES string of the molecule is O=C(CCC1CCCC1)NCC(=O)Nc1ccccc1F. The first-order valence-corrected chi connectivity index (χ1v) is 7.46. The molecule has 0 unspecified atom stereocenters. The second-order valence-corrected chi connectivity index (χ2v) is 5.49. The Morgan fingerprint density at radius 3 is 2.57 bits per heavy atom. The van der Waals surface area contributed by atoms with Crippen LogP contribution in [0.5, 0.6) is 0 Å². The monoisotopic (exact) mass is 292 g/mol. The fraction of sp³-hybridized carbons (Fsp3) is 0.500. The minimum absolute atomic E-state index is 0.120. The van der Waals surface area contributed by atoms with Crippen LogP contribution in [0.25, 0.3) is 0 Å². The minimum atomic E-state index is -0.488. The summed E-state index contributed by atoms with van der Waals surface area (Å²) in [6.07, 6.45) is 6.29. The fourth-order valence-electron chi connectivity index (χ4n) is 2.66. The minimum Gasteiger partial charge on any atom is -0.347 e. The number of hydrogen-bond acceptors (Lipinski definition) is 2. The zero-order valence-corrected chi connectivity index (χ0v) is 12.0. The third-order valence-corrected chi connectivity index (χ3v) is 3.85. The van der Waals surface area contributed by atoms with Gasteiger partial charge in [0.15, 0.2) is 0 Å². The lowest BCUT2D eigenvalue weighted by atomic mass is 10.0. The number of benzene rings is 1. The van der Waals surface area contributed by atoms with Crippen LogP contribution < -0.4 is 10.6 Å². The molecule has 0 aromatic heterocycles. The number of nitrogens with one attached hydrogen (secondary N) is 2. The van der Waals surface area contributed by atoms with E-state index in [1.165, 1.54) is 37.8 Å². The summed E-state index contributed by atoms with van der Waals surface area (Å²) in [6.45, 7) is -0.127. The molecule has 2 N–H and O–H groups in total. The van der Waals surface area contributed by atoms with E-state index in [0.717, 1.165) is 6.42 Å². The second-order valence-electron chi connectivity index (χ2n) is 5.49. The van der Waals surface area contributed by atoms with Gasteiger partial charge in [-0.05, 0) is 24.5 Å². The Balaban J connectivity index is 1.66. The summed E-state index contributed by atoms with van der Waals surface area (Å²) in [5.41, 5.74) is 0.128. The molecule has 0 atom stereocenters. The lowest BCUT2D eigenvalue weighted by Crippen LogP contribution is -2.33. The Morgan fingerprint density at radius 2 is 1.86 bits per heavy atom. The van der Waals surface area contributed by atoms with E-state index in [1.54, 1.807) is 12.1 Å². The largest absolute Gasteiger partial charge is 0.347 e. The van der Waals surface area contributed by atoms with Crippen molar-refractivity contribution in [1.82, 2.24) is 5.32 Å². The summed E-state index contributed by atoms with van der Waals surface area (Å²) in [7, 11) is 0. The van der Waals surface area contributed by atoms with E-state index >= 15 is 0 Å². The average molecular weight is 292 g/mol. The van der Waals surface area contributed by atoms with Gasteiger partial charge in [0.1, 0.15) is 5.82 Å². The van der Waals surface area contributed by atoms with Crippen LogP contribution in [0, 0.1) is 11.7 Å². The predicted octanol–water partition coefficient (Wildman–Crippen LogP) is 2.85. The van der Waals surface area contributed by atoms with Gasteiger partial charge in [0.05, 0.1) is 12.2 Å². The number of carbonyl (C=O) groups excluding carboxylic acids is 2. The van der Waals surface area contributed by atoms with Crippen LogP contribution in [0.4, 0.5) is 10.1 Å². The van der Waals surface area contributed by atoms with Crippen LogP contribution in [0.1, 0.15) is 38.5 Å². The number of anilines is 1. The first kappa shape index (κ1) is 15.5. The van der Waals surface area contributed by atoms with Crippen molar-refractivity contribution in [3.8, 4) is 0 Å². The van der Waals surface area contributed by atoms with Gasteiger partial charge in [-0.2, -0.15) is 0 Å². The number of hydrogen-bond donors (Lipinski definition) is 2. The van der Waals surface area contributed by atoms with Crippen LogP contribution in [0.15, 0.2) is 24.3 Å². The summed E-state index contributed by atoms with van der Waals surface area (Å²) < 4.78 is 13.3. The zero-order valence-electron chi connectivity index (χ0n) is 12.0. The molecule has 0 heterocycles. The van der Waals surface area contributed by atoms with Crippen molar-refractivity contribution in [3.05, 3.63) is 30.1 Å². The maximum absolute atomic E-state index is 13.3. The highest BCUT2D eigenvalue weighted by Gasteiger charge is 2.16. The summed E-state index contributed by atoms with van der Waals surface area (Å²) in [5, 5.41) is 5.01. The molecule has 2 rings (SSSR count). The van der Waals surface area contributed by atoms with Gasteiger partial charge in [0, 0.05) is 6.42 Å². The highest BCUT2D eigenvalue weighted by Crippen LogP contribution is 2.28. The molecule has 1 fully saturated rings. The molecule has 0 radical (unpaired) electrons. The normalized spacial score (nSPS) is 14.9. The molecule has 0 saturated heterocycles. The summed E-state index contributed by atoms with van der Waals surface area (Å²) in [4.78, 5) is 23.3. The standard InChI is InChI=1S/C16H21FN2O2/c17-13-7-3-4-8-14(13)19-16(21)11-18-15(20)10-9-12-5-1-2-6-12/h3-4,7-8,12H,1-2,5-6,9-11H2,(H,18,20)(H,19,21). The summed E-state index contributed by atoms with van der Waals surface area (Å²) in [6, 6.07) is 5.94. The Labute approximate surface area is 124 Å². The maximum atomic E-state index is 13.3. The molecule has 0 spiro atoms. The van der Waals surface area contributed by atoms with Gasteiger partial charge in [-0.15, -0.1) is 0 Å². The van der Waals surface area contributed by atoms with Crippen molar-refractivity contribution in [1.29, 1.82) is 0 Å². The number of carbonyl (C=O) groups is 2. The molecule has 1 aromatic rings. The third-order valence-electron chi connectivity index (χ3n) is 3.85. The van der Waals surface area contributed by atoms with Crippen molar-refractivity contribution in [2.45, 2.75) is 38.5 Å². The van der Waals surface area contributed by atoms with Crippen LogP contribution in [0.2, 0.25) is 0 Å². The molecular weight excluding hydrogens is 271 g/mol. The molecule has 2 amide bonds. The second kappa shape index (κ2) is 7.76. The Morgan fingerprint density at radius 1 is 1.14 bits per heavy atom. The summed E-state index contributed by atoms with van der Waals surface area (Å²) >= 11 is 0. The predicted molar refractivity (Wildman–Crippen MR) is 79.2 cm³/mol. The van der Waals surface area contributed by atoms with Crippen LogP contribution in [-0.2, 0) is 9.59 Å². The average Bonchev–Trinajstić information content (AvgIpc) is 2.99. The van der Waals surface area contributed by atoms with Crippen molar-refractivity contribution >= 4 is 17.5 Å². The highest BCUT2D eigenvalue weighted by molar-refractivity contribution is 5.94. The van der Waals surface area contributed by atoms with Gasteiger partial charge in [0.25, 0.3) is 0 Å². The molecule has 1 aromatic carbocycles. The molecular formula is C16H21FN2O2. The molecule has 5 heteroatoms. The first-order valence-electron chi connectivity index (χ1n) is 7.46. The van der Waals surface area contributed by atoms with Gasteiger partial charge in [-0.1, -0.05) is 37.8 Å². The quantitative estimate of drug-likeness (QED) is 0.847. The van der Waals surface area contributed by atoms with E-state index < -0.39 is 11.7 Å². The van der Waals surface area contributed by atoms with Crippen LogP contribution in [0.3, 0.4) is 0 Å². The maximum Gasteiger partial charge on any atom is 0.243 e. The van der Waals surface area contributed by atoms with Gasteiger partial charge >= 0.3 is 0 Å². The third kappa shape index (κ3) is 5.17. The fourth-order valence-corrected chi connectivity index (χ4v) is 2.66. The van der Waals surface area contributed by atoms with Gasteiger partial charge in [0.2, 0.25) is 11.8 Å². The highest BCUT2D eigenvalue weighted by atomic mass is 19.1. The van der Waals surface area contributed by atoms with E-state index in [-0.39, 0.29) is 18.1 Å². The van der Waals surface area contributed by atoms with Gasteiger partial charge in [-0.3, -0.25) is 9.59 Å². The van der Waals surface area contributed by atoms with Gasteiger partial charge < -0.3 is 10.6 Å². The first-order chi connectivity index (χ1) is 10.1. The number of rotatable bonds is 6. The Kier molecular flexibility index (Phi) is 5.72. The Hall–Kier alpha value is -1.91. The number of para-hydroxylation sites is 1. The van der Waals surface area contributed by atoms with Gasteiger partial charge in [-0.25, -0.2) is 4.39 Å². The molecule has 1 aliphatic carbocycles. The van der Waals surface area contributed by atoms with Crippen molar-refractivity contribution < 1.29 is 14.0 Å². The molecule has 1 saturated carbocycles. The molecule has 0 aliphatic heterocycles. The van der Waals surface area contributed by atoms with Crippen LogP contribution in [-0.4, -0.2) is 18.4 Å². The van der Waals surface area contributed by atoms with Crippen molar-refractivity contribution in [3.63, 3.8) is 0 Å². The van der Waals surface area contributed by atoms with E-state index in [4.69, 9.17) is 0 Å². The lowest BCUT2D eigenvalue weighted by Gasteiger charge is -2.09. The molecule has 0 bridgehead atoms. The molecule has 21 heavy (non-hydrogen) atoms. The smallest absolute Gasteiger partial charge is 0.243 e. The molecule has 1 aliphatic rings. The van der Waals surface area contributed by atoms with E-state index in [2.05, 4.69) is 10.6 Å². The van der Waals surface area contributed by atoms with E-state index in [1.807, 2.05) is 0 Å². The Bertz CT molecular complexity index is 499. The van der Waals surface area contributed by atoms with Crippen LogP contribution >= 0.6 is 0 Å². The topological polar surface area (TPSA) is 58.2 Å². The number of halogens is 1. The van der Waals surface area contributed by atoms with E-state index in [9.17, 15) is 14.0 Å². The molecule has 114 valence electrons.